The number of carboxylic acid groups (broad SMARTS) is 1. The van der Waals surface area contributed by atoms with Gasteiger partial charge in [-0.05, 0) is 124 Å². The van der Waals surface area contributed by atoms with Gasteiger partial charge in [0, 0.05) is 42.2 Å². The van der Waals surface area contributed by atoms with Gasteiger partial charge in [-0.3, -0.25) is 14.4 Å². The summed E-state index contributed by atoms with van der Waals surface area (Å²) in [4.78, 5) is 49.1. The highest BCUT2D eigenvalue weighted by atomic mass is 35.5. The van der Waals surface area contributed by atoms with Gasteiger partial charge in [0.2, 0.25) is 5.91 Å². The fourth-order valence-corrected chi connectivity index (χ4v) is 8.22. The van der Waals surface area contributed by atoms with Crippen molar-refractivity contribution in [2.45, 2.75) is 79.3 Å². The minimum absolute atomic E-state index is 0.00817. The average Bonchev–Trinajstić information content (AvgIpc) is 3.00. The van der Waals surface area contributed by atoms with Crippen LogP contribution >= 0.6 is 11.6 Å². The van der Waals surface area contributed by atoms with Gasteiger partial charge in [-0.2, -0.15) is 0 Å². The van der Waals surface area contributed by atoms with Crippen molar-refractivity contribution >= 4 is 35.2 Å². The molecule has 2 atom stereocenters. The van der Waals surface area contributed by atoms with Crippen molar-refractivity contribution in [2.24, 2.45) is 11.3 Å². The van der Waals surface area contributed by atoms with Gasteiger partial charge in [0.25, 0.3) is 5.91 Å². The molecule has 0 saturated carbocycles. The van der Waals surface area contributed by atoms with Crippen LogP contribution in [0.4, 0.5) is 10.2 Å². The van der Waals surface area contributed by atoms with Crippen LogP contribution in [0.5, 0.6) is 0 Å². The molecule has 50 heavy (non-hydrogen) atoms. The number of rotatable bonds is 11. The SMILES string of the molecule is Cc1ccc(C(=O)N[C@@H](CC(C)C)C(=O)N[C@@H](CC(=O)O)c2cc(-c3c(C)cc(Cl)cc3C)cc(C)c2F)nc1N1CCCC2(CN(C)C2)C1. The largest absolute Gasteiger partial charge is 0.481 e. The van der Waals surface area contributed by atoms with Crippen LogP contribution in [-0.4, -0.2) is 72.0 Å². The second kappa shape index (κ2) is 15.1. The number of aromatic nitrogens is 1. The van der Waals surface area contributed by atoms with E-state index < -0.39 is 42.1 Å². The molecular weight excluding hydrogens is 657 g/mol. The first-order valence-corrected chi connectivity index (χ1v) is 17.7. The van der Waals surface area contributed by atoms with E-state index in [-0.39, 0.29) is 29.0 Å². The van der Waals surface area contributed by atoms with Crippen molar-refractivity contribution in [3.8, 4) is 11.1 Å². The summed E-state index contributed by atoms with van der Waals surface area (Å²) in [7, 11) is 2.13. The Bertz CT molecular complexity index is 1760. The Morgan fingerprint density at radius 2 is 1.66 bits per heavy atom. The number of hydrogen-bond donors (Lipinski definition) is 3. The third-order valence-electron chi connectivity index (χ3n) is 9.94. The second-order valence-electron chi connectivity index (χ2n) is 15.0. The Labute approximate surface area is 299 Å². The molecule has 2 fully saturated rings. The molecule has 3 heterocycles. The number of nitrogens with zero attached hydrogens (tertiary/aromatic N) is 3. The molecule has 268 valence electrons. The maximum Gasteiger partial charge on any atom is 0.305 e. The zero-order chi connectivity index (χ0) is 36.5. The Balaban J connectivity index is 1.40. The van der Waals surface area contributed by atoms with Gasteiger partial charge < -0.3 is 25.5 Å². The number of piperidine rings is 1. The van der Waals surface area contributed by atoms with E-state index in [2.05, 4.69) is 27.5 Å². The monoisotopic (exact) mass is 705 g/mol. The van der Waals surface area contributed by atoms with Crippen LogP contribution in [0, 0.1) is 44.8 Å². The third kappa shape index (κ3) is 8.29. The number of nitrogens with one attached hydrogen (secondary N) is 2. The van der Waals surface area contributed by atoms with Crippen LogP contribution in [-0.2, 0) is 9.59 Å². The number of halogens is 2. The van der Waals surface area contributed by atoms with Crippen LogP contribution in [0.15, 0.2) is 36.4 Å². The number of carbonyl (C=O) groups is 3. The number of hydrogen-bond acceptors (Lipinski definition) is 6. The molecule has 0 bridgehead atoms. The smallest absolute Gasteiger partial charge is 0.305 e. The van der Waals surface area contributed by atoms with E-state index in [1.165, 1.54) is 6.42 Å². The minimum atomic E-state index is -1.20. The Morgan fingerprint density at radius 3 is 2.28 bits per heavy atom. The van der Waals surface area contributed by atoms with E-state index in [1.807, 2.05) is 52.8 Å². The Morgan fingerprint density at radius 1 is 0.980 bits per heavy atom. The first kappa shape index (κ1) is 37.2. The molecule has 9 nitrogen and oxygen atoms in total. The lowest BCUT2D eigenvalue weighted by Gasteiger charge is -2.54. The summed E-state index contributed by atoms with van der Waals surface area (Å²) in [5.41, 5.74) is 5.10. The summed E-state index contributed by atoms with van der Waals surface area (Å²) >= 11 is 6.27. The number of aryl methyl sites for hydroxylation is 4. The van der Waals surface area contributed by atoms with Crippen molar-refractivity contribution in [3.05, 3.63) is 80.7 Å². The summed E-state index contributed by atoms with van der Waals surface area (Å²) in [6.45, 7) is 15.1. The van der Waals surface area contributed by atoms with Crippen LogP contribution < -0.4 is 15.5 Å². The zero-order valence-electron chi connectivity index (χ0n) is 30.1. The van der Waals surface area contributed by atoms with Crippen LogP contribution in [0.1, 0.15) is 83.9 Å². The molecular formula is C39H49ClFN5O4. The summed E-state index contributed by atoms with van der Waals surface area (Å²) in [6, 6.07) is 8.28. The fraction of sp³-hybridized carbons (Fsp3) is 0.487. The number of carboxylic acids is 1. The molecule has 1 aromatic heterocycles. The lowest BCUT2D eigenvalue weighted by Crippen LogP contribution is -2.61. The van der Waals surface area contributed by atoms with E-state index in [4.69, 9.17) is 16.6 Å². The highest BCUT2D eigenvalue weighted by Gasteiger charge is 2.44. The van der Waals surface area contributed by atoms with Crippen molar-refractivity contribution in [3.63, 3.8) is 0 Å². The molecule has 0 unspecified atom stereocenters. The first-order valence-electron chi connectivity index (χ1n) is 17.4. The van der Waals surface area contributed by atoms with Crippen molar-refractivity contribution in [1.82, 2.24) is 20.5 Å². The number of benzene rings is 2. The summed E-state index contributed by atoms with van der Waals surface area (Å²) in [5, 5.41) is 16.1. The highest BCUT2D eigenvalue weighted by Crippen LogP contribution is 2.40. The normalized spacial score (nSPS) is 17.0. The van der Waals surface area contributed by atoms with Crippen molar-refractivity contribution in [1.29, 1.82) is 0 Å². The lowest BCUT2D eigenvalue weighted by atomic mass is 9.73. The second-order valence-corrected chi connectivity index (χ2v) is 15.4. The van der Waals surface area contributed by atoms with Crippen molar-refractivity contribution < 1.29 is 23.9 Å². The summed E-state index contributed by atoms with van der Waals surface area (Å²) < 4.78 is 15.8. The molecule has 3 N–H and O–H groups in total. The Hall–Kier alpha value is -4.02. The number of carbonyl (C=O) groups excluding carboxylic acids is 2. The molecule has 2 saturated heterocycles. The summed E-state index contributed by atoms with van der Waals surface area (Å²) in [5.74, 6) is -2.12. The highest BCUT2D eigenvalue weighted by molar-refractivity contribution is 6.30. The standard InChI is InChI=1S/C39H49ClFN5O4/c1-22(2)13-32(44-37(49)30-10-9-23(3)36(42-30)46-12-8-11-39(21-46)19-45(7)20-39)38(50)43-31(18-33(47)48)29-17-27(14-26(6)35(29)41)34-24(4)15-28(40)16-25(34)5/h9-10,14-17,22,31-32H,8,11-13,18-21H2,1-7H3,(H,43,50)(H,44,49)(H,47,48)/t31-,32-/m0/s1. The van der Waals surface area contributed by atoms with Gasteiger partial charge in [0.05, 0.1) is 12.5 Å². The maximum atomic E-state index is 15.8. The fourth-order valence-electron chi connectivity index (χ4n) is 7.89. The van der Waals surface area contributed by atoms with Gasteiger partial charge >= 0.3 is 5.97 Å². The maximum absolute atomic E-state index is 15.8. The number of anilines is 1. The lowest BCUT2D eigenvalue weighted by molar-refractivity contribution is -0.137. The molecule has 0 aliphatic carbocycles. The van der Waals surface area contributed by atoms with Crippen LogP contribution in [0.3, 0.4) is 0 Å². The molecule has 11 heteroatoms. The third-order valence-corrected chi connectivity index (χ3v) is 10.2. The molecule has 2 aromatic carbocycles. The number of likely N-dealkylation sites (tertiary alicyclic amines) is 1. The van der Waals surface area contributed by atoms with Gasteiger partial charge in [-0.25, -0.2) is 9.37 Å². The topological polar surface area (TPSA) is 115 Å². The zero-order valence-corrected chi connectivity index (χ0v) is 30.9. The molecule has 5 rings (SSSR count). The number of pyridine rings is 1. The van der Waals surface area contributed by atoms with E-state index >= 15 is 4.39 Å². The predicted molar refractivity (Wildman–Crippen MR) is 195 cm³/mol. The van der Waals surface area contributed by atoms with Crippen LogP contribution in [0.25, 0.3) is 11.1 Å². The van der Waals surface area contributed by atoms with E-state index in [1.54, 1.807) is 25.1 Å². The van der Waals surface area contributed by atoms with E-state index in [0.717, 1.165) is 60.7 Å². The minimum Gasteiger partial charge on any atom is -0.481 e. The van der Waals surface area contributed by atoms with Gasteiger partial charge in [0.15, 0.2) is 0 Å². The molecule has 2 aliphatic heterocycles. The Kier molecular flexibility index (Phi) is 11.2. The van der Waals surface area contributed by atoms with Gasteiger partial charge in [-0.15, -0.1) is 0 Å². The number of amides is 2. The number of aliphatic carboxylic acids is 1. The average molecular weight is 706 g/mol. The van der Waals surface area contributed by atoms with Crippen LogP contribution in [0.2, 0.25) is 5.02 Å². The summed E-state index contributed by atoms with van der Waals surface area (Å²) in [6.07, 6.45) is 1.96. The quantitative estimate of drug-likeness (QED) is 0.202. The van der Waals surface area contributed by atoms with E-state index in [9.17, 15) is 19.5 Å². The predicted octanol–water partition coefficient (Wildman–Crippen LogP) is 6.78. The molecule has 1 spiro atoms. The van der Waals surface area contributed by atoms with E-state index in [0.29, 0.717) is 16.1 Å². The van der Waals surface area contributed by atoms with Crippen molar-refractivity contribution in [2.75, 3.05) is 38.1 Å². The molecule has 3 aromatic rings. The molecule has 2 aliphatic rings. The first-order chi connectivity index (χ1) is 23.6. The van der Waals surface area contributed by atoms with Gasteiger partial charge in [0.1, 0.15) is 23.4 Å². The molecule has 2 amide bonds. The van der Waals surface area contributed by atoms with Gasteiger partial charge in [-0.1, -0.05) is 31.5 Å². The molecule has 0 radical (unpaired) electrons.